The average molecular weight is 281 g/mol. The van der Waals surface area contributed by atoms with Crippen molar-refractivity contribution in [3.63, 3.8) is 0 Å². The first-order chi connectivity index (χ1) is 9.45. The highest BCUT2D eigenvalue weighted by molar-refractivity contribution is 5.69. The van der Waals surface area contributed by atoms with Gasteiger partial charge < -0.3 is 4.74 Å². The maximum absolute atomic E-state index is 11.6. The molecule has 20 heavy (non-hydrogen) atoms. The van der Waals surface area contributed by atoms with Crippen molar-refractivity contribution in [2.24, 2.45) is 0 Å². The number of carbonyl (C=O) groups excluding carboxylic acids is 1. The predicted molar refractivity (Wildman–Crippen MR) is 64.9 cm³/mol. The van der Waals surface area contributed by atoms with Gasteiger partial charge in [0.25, 0.3) is 0 Å². The molecule has 1 heterocycles. The number of nitro groups is 2. The lowest BCUT2D eigenvalue weighted by atomic mass is 10.0. The predicted octanol–water partition coefficient (Wildman–Crippen LogP) is 0.888. The summed E-state index contributed by atoms with van der Waals surface area (Å²) in [6, 6.07) is 8.86. The lowest BCUT2D eigenvalue weighted by Gasteiger charge is -2.34. The molecule has 1 fully saturated rings. The Labute approximate surface area is 113 Å². The normalized spacial score (nSPS) is 16.1. The molecule has 0 spiro atoms. The van der Waals surface area contributed by atoms with E-state index in [0.29, 0.717) is 0 Å². The second-order valence-electron chi connectivity index (χ2n) is 4.39. The number of nitrogens with zero attached hydrogens (tertiary/aromatic N) is 3. The van der Waals surface area contributed by atoms with Gasteiger partial charge in [0, 0.05) is 0 Å². The maximum Gasteiger partial charge on any atom is 0.492 e. The molecule has 9 nitrogen and oxygen atoms in total. The number of ether oxygens (including phenoxy) is 1. The van der Waals surface area contributed by atoms with Crippen LogP contribution in [-0.4, -0.2) is 39.6 Å². The summed E-state index contributed by atoms with van der Waals surface area (Å²) in [5.41, 5.74) is -1.54. The third-order valence-electron chi connectivity index (χ3n) is 3.03. The molecule has 0 saturated carbocycles. The van der Waals surface area contributed by atoms with Crippen molar-refractivity contribution in [1.82, 2.24) is 4.90 Å². The Hall–Kier alpha value is -2.71. The number of carbonyl (C=O) groups is 1. The second kappa shape index (κ2) is 5.11. The van der Waals surface area contributed by atoms with Crippen LogP contribution >= 0.6 is 0 Å². The molecule has 1 aliphatic rings. The highest BCUT2D eigenvalue weighted by Gasteiger charge is 2.68. The summed E-state index contributed by atoms with van der Waals surface area (Å²) < 4.78 is 4.93. The van der Waals surface area contributed by atoms with Crippen LogP contribution in [0.3, 0.4) is 0 Å². The summed E-state index contributed by atoms with van der Waals surface area (Å²) in [5, 5.41) is 21.4. The minimum atomic E-state index is -2.30. The van der Waals surface area contributed by atoms with Crippen LogP contribution in [0.15, 0.2) is 30.3 Å². The van der Waals surface area contributed by atoms with Crippen molar-refractivity contribution in [3.05, 3.63) is 56.1 Å². The first kappa shape index (κ1) is 13.7. The largest absolute Gasteiger partial charge is 0.492 e. The highest BCUT2D eigenvalue weighted by Crippen LogP contribution is 2.25. The third-order valence-corrected chi connectivity index (χ3v) is 3.03. The lowest BCUT2D eigenvalue weighted by Crippen LogP contribution is -2.71. The zero-order valence-electron chi connectivity index (χ0n) is 10.3. The standard InChI is InChI=1S/C11H11N3O6/c15-10(20-6-9-4-2-1-3-5-9)12-7-11(8-12,13(16)17)14(18)19/h1-5H,6-8H2. The molecule has 2 rings (SSSR count). The molecule has 0 radical (unpaired) electrons. The zero-order valence-corrected chi connectivity index (χ0v) is 10.3. The van der Waals surface area contributed by atoms with Gasteiger partial charge in [-0.05, 0) is 5.56 Å². The van der Waals surface area contributed by atoms with Crippen molar-refractivity contribution >= 4 is 6.09 Å². The van der Waals surface area contributed by atoms with E-state index in [4.69, 9.17) is 4.74 Å². The average Bonchev–Trinajstić information content (AvgIpc) is 2.35. The Balaban J connectivity index is 1.88. The fourth-order valence-electron chi connectivity index (χ4n) is 1.80. The molecule has 1 aromatic rings. The third kappa shape index (κ3) is 2.37. The summed E-state index contributed by atoms with van der Waals surface area (Å²) in [5.74, 6) is 0. The van der Waals surface area contributed by atoms with E-state index in [2.05, 4.69) is 0 Å². The van der Waals surface area contributed by atoms with Gasteiger partial charge in [0.1, 0.15) is 16.5 Å². The van der Waals surface area contributed by atoms with Crippen LogP contribution in [0.1, 0.15) is 5.56 Å². The van der Waals surface area contributed by atoms with Crippen molar-refractivity contribution in [2.45, 2.75) is 12.3 Å². The van der Waals surface area contributed by atoms with Gasteiger partial charge in [-0.2, -0.15) is 0 Å². The van der Waals surface area contributed by atoms with E-state index in [0.717, 1.165) is 10.5 Å². The van der Waals surface area contributed by atoms with Crippen LogP contribution in [0.25, 0.3) is 0 Å². The van der Waals surface area contributed by atoms with E-state index in [1.165, 1.54) is 0 Å². The van der Waals surface area contributed by atoms with E-state index in [1.54, 1.807) is 24.3 Å². The molecule has 1 aromatic carbocycles. The number of rotatable bonds is 4. The maximum atomic E-state index is 11.6. The van der Waals surface area contributed by atoms with Gasteiger partial charge >= 0.3 is 11.8 Å². The fraction of sp³-hybridized carbons (Fsp3) is 0.364. The van der Waals surface area contributed by atoms with Gasteiger partial charge in [-0.25, -0.2) is 4.79 Å². The molecule has 1 amide bonds. The summed E-state index contributed by atoms with van der Waals surface area (Å²) in [4.78, 5) is 31.9. The fourth-order valence-corrected chi connectivity index (χ4v) is 1.80. The van der Waals surface area contributed by atoms with Crippen molar-refractivity contribution in [3.8, 4) is 0 Å². The van der Waals surface area contributed by atoms with Crippen LogP contribution in [0, 0.1) is 20.2 Å². The summed E-state index contributed by atoms with van der Waals surface area (Å²) in [7, 11) is 0. The van der Waals surface area contributed by atoms with Gasteiger partial charge in [-0.3, -0.25) is 25.1 Å². The monoisotopic (exact) mass is 281 g/mol. The first-order valence-corrected chi connectivity index (χ1v) is 5.70. The molecule has 0 bridgehead atoms. The van der Waals surface area contributed by atoms with Crippen LogP contribution in [0.4, 0.5) is 4.79 Å². The Kier molecular flexibility index (Phi) is 3.51. The molecule has 0 atom stereocenters. The minimum Gasteiger partial charge on any atom is -0.445 e. The Morgan fingerprint density at radius 3 is 2.25 bits per heavy atom. The molecule has 1 saturated heterocycles. The number of hydrogen-bond acceptors (Lipinski definition) is 6. The molecule has 0 aromatic heterocycles. The van der Waals surface area contributed by atoms with E-state index in [1.807, 2.05) is 6.07 Å². The molecule has 1 aliphatic heterocycles. The van der Waals surface area contributed by atoms with E-state index >= 15 is 0 Å². The summed E-state index contributed by atoms with van der Waals surface area (Å²) >= 11 is 0. The van der Waals surface area contributed by atoms with Crippen molar-refractivity contribution in [1.29, 1.82) is 0 Å². The Bertz CT molecular complexity index is 524. The lowest BCUT2D eigenvalue weighted by molar-refractivity contribution is -0.809. The topological polar surface area (TPSA) is 116 Å². The van der Waals surface area contributed by atoms with Gasteiger partial charge in [0.05, 0.1) is 0 Å². The molecular weight excluding hydrogens is 270 g/mol. The van der Waals surface area contributed by atoms with Crippen LogP contribution in [-0.2, 0) is 11.3 Å². The summed E-state index contributed by atoms with van der Waals surface area (Å²) in [6.45, 7) is -1.15. The quantitative estimate of drug-likeness (QED) is 0.459. The SMILES string of the molecule is O=C(OCc1ccccc1)N1CC([N+](=O)[O-])([N+](=O)[O-])C1. The second-order valence-corrected chi connectivity index (χ2v) is 4.39. The van der Waals surface area contributed by atoms with Gasteiger partial charge in [0.2, 0.25) is 0 Å². The van der Waals surface area contributed by atoms with Crippen LogP contribution in [0.2, 0.25) is 0 Å². The molecule has 0 unspecified atom stereocenters. The van der Waals surface area contributed by atoms with Crippen molar-refractivity contribution in [2.75, 3.05) is 13.1 Å². The smallest absolute Gasteiger partial charge is 0.445 e. The van der Waals surface area contributed by atoms with Gasteiger partial charge in [-0.1, -0.05) is 30.3 Å². The number of likely N-dealkylation sites (tertiary alicyclic amines) is 1. The number of hydrogen-bond donors (Lipinski definition) is 0. The minimum absolute atomic E-state index is 0.0140. The van der Waals surface area contributed by atoms with E-state index in [-0.39, 0.29) is 6.61 Å². The Morgan fingerprint density at radius 2 is 1.75 bits per heavy atom. The van der Waals surface area contributed by atoms with Crippen molar-refractivity contribution < 1.29 is 19.4 Å². The zero-order chi connectivity index (χ0) is 14.8. The molecule has 9 heteroatoms. The Morgan fingerprint density at radius 1 is 1.20 bits per heavy atom. The summed E-state index contributed by atoms with van der Waals surface area (Å²) in [6.07, 6.45) is -0.798. The highest BCUT2D eigenvalue weighted by atomic mass is 16.7. The van der Waals surface area contributed by atoms with Gasteiger partial charge in [0.15, 0.2) is 13.1 Å². The van der Waals surface area contributed by atoms with Crippen LogP contribution < -0.4 is 0 Å². The van der Waals surface area contributed by atoms with E-state index < -0.39 is 34.7 Å². The molecule has 0 aliphatic carbocycles. The number of benzene rings is 1. The number of amides is 1. The molecular formula is C11H11N3O6. The molecule has 106 valence electrons. The van der Waals surface area contributed by atoms with E-state index in [9.17, 15) is 25.0 Å². The van der Waals surface area contributed by atoms with Crippen LogP contribution in [0.5, 0.6) is 0 Å². The molecule has 0 N–H and O–H groups in total. The van der Waals surface area contributed by atoms with Gasteiger partial charge in [-0.15, -0.1) is 0 Å². The first-order valence-electron chi connectivity index (χ1n) is 5.70.